The highest BCUT2D eigenvalue weighted by atomic mass is 16.3. The third-order valence-electron chi connectivity index (χ3n) is 4.82. The largest absolute Gasteiger partial charge is 0.385 e. The van der Waals surface area contributed by atoms with Crippen LogP contribution in [0.25, 0.3) is 0 Å². The van der Waals surface area contributed by atoms with E-state index >= 15 is 0 Å². The molecule has 0 aromatic heterocycles. The third kappa shape index (κ3) is 1.54. The molecule has 2 aliphatic rings. The Bertz CT molecular complexity index is 282. The minimum Gasteiger partial charge on any atom is -0.385 e. The number of fused-ring (bicyclic) bond motifs is 1. The van der Waals surface area contributed by atoms with Crippen LogP contribution in [0, 0.1) is 16.7 Å². The second-order valence-electron chi connectivity index (χ2n) is 6.27. The van der Waals surface area contributed by atoms with Gasteiger partial charge in [-0.25, -0.2) is 0 Å². The van der Waals surface area contributed by atoms with Gasteiger partial charge in [0, 0.05) is 5.41 Å². The van der Waals surface area contributed by atoms with Crippen molar-refractivity contribution in [3.8, 4) is 0 Å². The molecule has 86 valence electrons. The van der Waals surface area contributed by atoms with Crippen LogP contribution in [0.3, 0.4) is 0 Å². The monoisotopic (exact) mass is 210 g/mol. The average Bonchev–Trinajstić information content (AvgIpc) is 2.12. The molecule has 2 saturated carbocycles. The normalized spacial score (nSPS) is 44.9. The van der Waals surface area contributed by atoms with Gasteiger partial charge in [-0.15, -0.1) is 0 Å². The van der Waals surface area contributed by atoms with Crippen molar-refractivity contribution in [1.29, 1.82) is 0 Å². The summed E-state index contributed by atoms with van der Waals surface area (Å²) in [5, 5.41) is 9.70. The van der Waals surface area contributed by atoms with Crippen LogP contribution in [0.2, 0.25) is 0 Å². The molecule has 2 fully saturated rings. The van der Waals surface area contributed by atoms with E-state index in [4.69, 9.17) is 0 Å². The van der Waals surface area contributed by atoms with Gasteiger partial charge in [-0.2, -0.15) is 0 Å². The molecule has 0 radical (unpaired) electrons. The van der Waals surface area contributed by atoms with Gasteiger partial charge in [-0.05, 0) is 37.0 Å². The van der Waals surface area contributed by atoms with Crippen molar-refractivity contribution in [1.82, 2.24) is 0 Å². The molecule has 0 aliphatic heterocycles. The zero-order chi connectivity index (χ0) is 11.3. The van der Waals surface area contributed by atoms with Crippen molar-refractivity contribution in [2.24, 2.45) is 16.7 Å². The molecular formula is C13H22O2. The Kier molecular flexibility index (Phi) is 2.45. The lowest BCUT2D eigenvalue weighted by Crippen LogP contribution is -2.53. The number of Topliss-reactive ketones (excluding diaryl/α,β-unsaturated/α-hetero) is 1. The Balaban J connectivity index is 2.34. The van der Waals surface area contributed by atoms with Gasteiger partial charge in [0.15, 0.2) is 5.78 Å². The zero-order valence-electron chi connectivity index (χ0n) is 10.0. The van der Waals surface area contributed by atoms with E-state index in [0.29, 0.717) is 12.3 Å². The maximum atomic E-state index is 12.1. The number of hydrogen-bond donors (Lipinski definition) is 1. The minimum absolute atomic E-state index is 0.103. The van der Waals surface area contributed by atoms with E-state index in [2.05, 4.69) is 20.8 Å². The van der Waals surface area contributed by atoms with Gasteiger partial charge < -0.3 is 5.11 Å². The summed E-state index contributed by atoms with van der Waals surface area (Å²) in [4.78, 5) is 12.1. The zero-order valence-corrected chi connectivity index (χ0v) is 10.0. The summed E-state index contributed by atoms with van der Waals surface area (Å²) in [5.41, 5.74) is 0.0161. The molecule has 3 atom stereocenters. The molecule has 1 N–H and O–H groups in total. The van der Waals surface area contributed by atoms with Crippen LogP contribution in [0.15, 0.2) is 0 Å². The molecule has 0 heterocycles. The number of aliphatic hydroxyl groups is 1. The molecule has 2 heteroatoms. The van der Waals surface area contributed by atoms with Crippen molar-refractivity contribution in [2.75, 3.05) is 0 Å². The minimum atomic E-state index is -0.694. The highest BCUT2D eigenvalue weighted by Crippen LogP contribution is 2.56. The average molecular weight is 210 g/mol. The number of ketones is 1. The SMILES string of the molecule is CC1(C)CCC[C@]2(C)C(=O)C(O)CC[C@@H]12. The molecule has 1 unspecified atom stereocenters. The van der Waals surface area contributed by atoms with Crippen molar-refractivity contribution >= 4 is 5.78 Å². The third-order valence-corrected chi connectivity index (χ3v) is 4.82. The lowest BCUT2D eigenvalue weighted by molar-refractivity contribution is -0.155. The second kappa shape index (κ2) is 3.31. The van der Waals surface area contributed by atoms with Gasteiger partial charge in [-0.3, -0.25) is 4.79 Å². The van der Waals surface area contributed by atoms with E-state index in [0.717, 1.165) is 19.3 Å². The molecule has 0 amide bonds. The van der Waals surface area contributed by atoms with Gasteiger partial charge >= 0.3 is 0 Å². The van der Waals surface area contributed by atoms with Crippen LogP contribution in [0.5, 0.6) is 0 Å². The molecule has 0 aromatic carbocycles. The number of carbonyl (C=O) groups is 1. The molecule has 0 aromatic rings. The van der Waals surface area contributed by atoms with Crippen LogP contribution in [0.1, 0.15) is 52.9 Å². The summed E-state index contributed by atoms with van der Waals surface area (Å²) in [6.07, 6.45) is 4.30. The van der Waals surface area contributed by atoms with E-state index in [1.807, 2.05) is 0 Å². The standard InChI is InChI=1S/C13H22O2/c1-12(2)7-4-8-13(3)10(12)6-5-9(14)11(13)15/h9-10,14H,4-8H2,1-3H3/t9?,10-,13-/m0/s1. The first-order chi connectivity index (χ1) is 6.88. The quantitative estimate of drug-likeness (QED) is 0.667. The Morgan fingerprint density at radius 2 is 1.87 bits per heavy atom. The number of aliphatic hydroxyl groups excluding tert-OH is 1. The van der Waals surface area contributed by atoms with Crippen LogP contribution in [-0.4, -0.2) is 17.0 Å². The smallest absolute Gasteiger partial charge is 0.167 e. The van der Waals surface area contributed by atoms with Crippen LogP contribution >= 0.6 is 0 Å². The van der Waals surface area contributed by atoms with Gasteiger partial charge in [0.1, 0.15) is 6.10 Å². The first kappa shape index (κ1) is 11.1. The predicted octanol–water partition coefficient (Wildman–Crippen LogP) is 2.54. The van der Waals surface area contributed by atoms with Crippen molar-refractivity contribution in [3.05, 3.63) is 0 Å². The summed E-state index contributed by atoms with van der Waals surface area (Å²) >= 11 is 0. The molecule has 0 spiro atoms. The van der Waals surface area contributed by atoms with Crippen LogP contribution < -0.4 is 0 Å². The molecule has 2 nitrogen and oxygen atoms in total. The van der Waals surface area contributed by atoms with Gasteiger partial charge in [0.25, 0.3) is 0 Å². The fourth-order valence-electron chi connectivity index (χ4n) is 3.96. The van der Waals surface area contributed by atoms with Gasteiger partial charge in [0.05, 0.1) is 0 Å². The van der Waals surface area contributed by atoms with E-state index in [-0.39, 0.29) is 16.6 Å². The van der Waals surface area contributed by atoms with E-state index in [1.165, 1.54) is 6.42 Å². The van der Waals surface area contributed by atoms with Crippen molar-refractivity contribution in [3.63, 3.8) is 0 Å². The first-order valence-electron chi connectivity index (χ1n) is 6.10. The fourth-order valence-corrected chi connectivity index (χ4v) is 3.96. The lowest BCUT2D eigenvalue weighted by atomic mass is 9.51. The first-order valence-corrected chi connectivity index (χ1v) is 6.10. The number of carbonyl (C=O) groups excluding carboxylic acids is 1. The molecule has 15 heavy (non-hydrogen) atoms. The molecule has 2 rings (SSSR count). The topological polar surface area (TPSA) is 37.3 Å². The summed E-state index contributed by atoms with van der Waals surface area (Å²) in [6.45, 7) is 6.63. The molecular weight excluding hydrogens is 188 g/mol. The molecule has 2 aliphatic carbocycles. The summed E-state index contributed by atoms with van der Waals surface area (Å²) in [7, 11) is 0. The fraction of sp³-hybridized carbons (Fsp3) is 0.923. The summed E-state index contributed by atoms with van der Waals surface area (Å²) in [5.74, 6) is 0.571. The Labute approximate surface area is 92.1 Å². The number of rotatable bonds is 0. The predicted molar refractivity (Wildman–Crippen MR) is 59.5 cm³/mol. The molecule has 0 saturated heterocycles. The highest BCUT2D eigenvalue weighted by Gasteiger charge is 2.54. The maximum absolute atomic E-state index is 12.1. The van der Waals surface area contributed by atoms with E-state index < -0.39 is 6.10 Å². The lowest BCUT2D eigenvalue weighted by Gasteiger charge is -2.53. The Morgan fingerprint density at radius 3 is 2.53 bits per heavy atom. The Morgan fingerprint density at radius 1 is 1.20 bits per heavy atom. The second-order valence-corrected chi connectivity index (χ2v) is 6.27. The van der Waals surface area contributed by atoms with Gasteiger partial charge in [-0.1, -0.05) is 27.2 Å². The van der Waals surface area contributed by atoms with Crippen LogP contribution in [-0.2, 0) is 4.79 Å². The maximum Gasteiger partial charge on any atom is 0.167 e. The Hall–Kier alpha value is -0.370. The van der Waals surface area contributed by atoms with E-state index in [9.17, 15) is 9.90 Å². The number of hydrogen-bond acceptors (Lipinski definition) is 2. The van der Waals surface area contributed by atoms with Gasteiger partial charge in [0.2, 0.25) is 0 Å². The van der Waals surface area contributed by atoms with Crippen molar-refractivity contribution in [2.45, 2.75) is 59.0 Å². The molecule has 0 bridgehead atoms. The summed E-state index contributed by atoms with van der Waals surface area (Å²) < 4.78 is 0. The summed E-state index contributed by atoms with van der Waals surface area (Å²) in [6, 6.07) is 0. The highest BCUT2D eigenvalue weighted by molar-refractivity contribution is 5.89. The van der Waals surface area contributed by atoms with Crippen molar-refractivity contribution < 1.29 is 9.90 Å². The van der Waals surface area contributed by atoms with E-state index in [1.54, 1.807) is 0 Å². The van der Waals surface area contributed by atoms with Crippen LogP contribution in [0.4, 0.5) is 0 Å².